The monoisotopic (exact) mass is 340 g/mol. The Morgan fingerprint density at radius 2 is 2.05 bits per heavy atom. The van der Waals surface area contributed by atoms with Gasteiger partial charge < -0.3 is 0 Å². The first-order chi connectivity index (χ1) is 9.49. The van der Waals surface area contributed by atoms with E-state index in [1.54, 1.807) is 6.07 Å². The summed E-state index contributed by atoms with van der Waals surface area (Å²) in [5, 5.41) is 10.9. The third-order valence-electron chi connectivity index (χ3n) is 3.81. The lowest BCUT2D eigenvalue weighted by Gasteiger charge is -2.30. The normalized spacial score (nSPS) is 16.6. The molecule has 0 unspecified atom stereocenters. The number of hydrogen-bond acceptors (Lipinski definition) is 4. The molecule has 1 aliphatic rings. The molecule has 0 aliphatic heterocycles. The van der Waals surface area contributed by atoms with Gasteiger partial charge in [0.2, 0.25) is 0 Å². The van der Waals surface area contributed by atoms with Gasteiger partial charge in [-0.3, -0.25) is 19.8 Å². The number of benzene rings is 1. The van der Waals surface area contributed by atoms with Gasteiger partial charge in [-0.25, -0.2) is 0 Å². The van der Waals surface area contributed by atoms with Crippen molar-refractivity contribution in [2.24, 2.45) is 0 Å². The predicted octanol–water partition coefficient (Wildman–Crippen LogP) is 3.30. The van der Waals surface area contributed by atoms with Crippen LogP contribution in [0.2, 0.25) is 0 Å². The second-order valence-electron chi connectivity index (χ2n) is 5.19. The predicted molar refractivity (Wildman–Crippen MR) is 79.5 cm³/mol. The standard InChI is InChI=1S/C14H17BrN2O3/c1-16(11-5-7-12(18)8-6-11)9-10-3-2-4-13(14(10)15)17(19)20/h2-4,11H,5-9H2,1H3. The van der Waals surface area contributed by atoms with E-state index in [1.165, 1.54) is 6.07 Å². The second kappa shape index (κ2) is 6.45. The van der Waals surface area contributed by atoms with Gasteiger partial charge in [0, 0.05) is 31.5 Å². The van der Waals surface area contributed by atoms with Crippen LogP contribution < -0.4 is 0 Å². The number of carbonyl (C=O) groups excluding carboxylic acids is 1. The van der Waals surface area contributed by atoms with E-state index < -0.39 is 0 Å². The second-order valence-corrected chi connectivity index (χ2v) is 5.99. The van der Waals surface area contributed by atoms with E-state index >= 15 is 0 Å². The van der Waals surface area contributed by atoms with Gasteiger partial charge in [-0.1, -0.05) is 12.1 Å². The fraction of sp³-hybridized carbons (Fsp3) is 0.500. The molecule has 108 valence electrons. The fourth-order valence-corrected chi connectivity index (χ4v) is 3.13. The average Bonchev–Trinajstić information content (AvgIpc) is 2.41. The van der Waals surface area contributed by atoms with Crippen LogP contribution in [0.3, 0.4) is 0 Å². The Bertz CT molecular complexity index is 523. The highest BCUT2D eigenvalue weighted by molar-refractivity contribution is 9.10. The molecule has 0 saturated heterocycles. The Balaban J connectivity index is 2.08. The molecule has 0 bridgehead atoms. The van der Waals surface area contributed by atoms with E-state index in [-0.39, 0.29) is 10.6 Å². The molecule has 1 aromatic rings. The van der Waals surface area contributed by atoms with Gasteiger partial charge in [-0.2, -0.15) is 0 Å². The number of Topliss-reactive ketones (excluding diaryl/α,β-unsaturated/α-hetero) is 1. The smallest absolute Gasteiger partial charge is 0.283 e. The summed E-state index contributed by atoms with van der Waals surface area (Å²) in [6.07, 6.45) is 3.04. The minimum atomic E-state index is -0.382. The summed E-state index contributed by atoms with van der Waals surface area (Å²) in [7, 11) is 2.01. The number of carbonyl (C=O) groups is 1. The Hall–Kier alpha value is -1.27. The SMILES string of the molecule is CN(Cc1cccc([N+](=O)[O-])c1Br)C1CCC(=O)CC1. The van der Waals surface area contributed by atoms with Crippen molar-refractivity contribution in [2.45, 2.75) is 38.3 Å². The summed E-state index contributed by atoms with van der Waals surface area (Å²) in [4.78, 5) is 24.0. The highest BCUT2D eigenvalue weighted by Crippen LogP contribution is 2.30. The van der Waals surface area contributed by atoms with Gasteiger partial charge in [0.05, 0.1) is 9.40 Å². The molecule has 5 nitrogen and oxygen atoms in total. The van der Waals surface area contributed by atoms with Crippen molar-refractivity contribution >= 4 is 27.4 Å². The van der Waals surface area contributed by atoms with E-state index in [0.29, 0.717) is 35.7 Å². The van der Waals surface area contributed by atoms with E-state index in [1.807, 2.05) is 13.1 Å². The fourth-order valence-electron chi connectivity index (χ4n) is 2.59. The maximum absolute atomic E-state index is 11.3. The van der Waals surface area contributed by atoms with Crippen LogP contribution in [0.15, 0.2) is 22.7 Å². The van der Waals surface area contributed by atoms with Crippen molar-refractivity contribution in [2.75, 3.05) is 7.05 Å². The molecule has 0 N–H and O–H groups in total. The lowest BCUT2D eigenvalue weighted by atomic mass is 9.93. The number of nitro groups is 1. The molecule has 20 heavy (non-hydrogen) atoms. The van der Waals surface area contributed by atoms with Crippen LogP contribution in [0.25, 0.3) is 0 Å². The molecule has 0 spiro atoms. The van der Waals surface area contributed by atoms with Crippen LogP contribution in [0.5, 0.6) is 0 Å². The molecular formula is C14H17BrN2O3. The average molecular weight is 341 g/mol. The summed E-state index contributed by atoms with van der Waals surface area (Å²) < 4.78 is 0.545. The van der Waals surface area contributed by atoms with Crippen molar-refractivity contribution in [1.29, 1.82) is 0 Å². The molecule has 1 saturated carbocycles. The van der Waals surface area contributed by atoms with Crippen LogP contribution in [0.4, 0.5) is 5.69 Å². The van der Waals surface area contributed by atoms with E-state index in [9.17, 15) is 14.9 Å². The van der Waals surface area contributed by atoms with Gasteiger partial charge in [-0.15, -0.1) is 0 Å². The Morgan fingerprint density at radius 3 is 2.65 bits per heavy atom. The summed E-state index contributed by atoms with van der Waals surface area (Å²) >= 11 is 3.32. The topological polar surface area (TPSA) is 63.4 Å². The third kappa shape index (κ3) is 3.43. The van der Waals surface area contributed by atoms with Gasteiger partial charge in [0.15, 0.2) is 0 Å². The Labute approximate surface area is 126 Å². The first kappa shape index (κ1) is 15.1. The number of rotatable bonds is 4. The largest absolute Gasteiger partial charge is 0.300 e. The number of nitrogens with zero attached hydrogens (tertiary/aromatic N) is 2. The van der Waals surface area contributed by atoms with E-state index in [2.05, 4.69) is 20.8 Å². The Morgan fingerprint density at radius 1 is 1.40 bits per heavy atom. The summed E-state index contributed by atoms with van der Waals surface area (Å²) in [5.74, 6) is 0.339. The molecule has 0 aromatic heterocycles. The molecule has 1 aliphatic carbocycles. The quantitative estimate of drug-likeness (QED) is 0.623. The van der Waals surface area contributed by atoms with Crippen molar-refractivity contribution in [1.82, 2.24) is 4.90 Å². The molecule has 1 fully saturated rings. The van der Waals surface area contributed by atoms with Crippen LogP contribution in [0, 0.1) is 10.1 Å². The first-order valence-corrected chi connectivity index (χ1v) is 7.42. The molecule has 6 heteroatoms. The van der Waals surface area contributed by atoms with Crippen molar-refractivity contribution in [3.63, 3.8) is 0 Å². The zero-order valence-corrected chi connectivity index (χ0v) is 12.9. The number of halogens is 1. The summed E-state index contributed by atoms with van der Waals surface area (Å²) in [5.41, 5.74) is 0.994. The van der Waals surface area contributed by atoms with E-state index in [4.69, 9.17) is 0 Å². The number of nitro benzene ring substituents is 1. The van der Waals surface area contributed by atoms with Crippen molar-refractivity contribution in [3.8, 4) is 0 Å². The Kier molecular flexibility index (Phi) is 4.88. The zero-order valence-electron chi connectivity index (χ0n) is 11.3. The van der Waals surface area contributed by atoms with Gasteiger partial charge >= 0.3 is 0 Å². The van der Waals surface area contributed by atoms with Gasteiger partial charge in [0.25, 0.3) is 5.69 Å². The lowest BCUT2D eigenvalue weighted by molar-refractivity contribution is -0.385. The van der Waals surface area contributed by atoms with Crippen LogP contribution >= 0.6 is 15.9 Å². The maximum Gasteiger partial charge on any atom is 0.283 e. The molecule has 0 amide bonds. The van der Waals surface area contributed by atoms with Crippen molar-refractivity contribution < 1.29 is 9.72 Å². The third-order valence-corrected chi connectivity index (χ3v) is 4.73. The van der Waals surface area contributed by atoms with Gasteiger partial charge in [0.1, 0.15) is 5.78 Å². The van der Waals surface area contributed by atoms with Crippen LogP contribution in [-0.2, 0) is 11.3 Å². The van der Waals surface area contributed by atoms with Crippen molar-refractivity contribution in [3.05, 3.63) is 38.3 Å². The minimum Gasteiger partial charge on any atom is -0.300 e. The highest BCUT2D eigenvalue weighted by Gasteiger charge is 2.23. The maximum atomic E-state index is 11.3. The van der Waals surface area contributed by atoms with Crippen LogP contribution in [-0.4, -0.2) is 28.7 Å². The minimum absolute atomic E-state index is 0.0923. The molecular weight excluding hydrogens is 324 g/mol. The van der Waals surface area contributed by atoms with E-state index in [0.717, 1.165) is 18.4 Å². The number of hydrogen-bond donors (Lipinski definition) is 0. The molecule has 0 radical (unpaired) electrons. The zero-order chi connectivity index (χ0) is 14.7. The van der Waals surface area contributed by atoms with Gasteiger partial charge in [-0.05, 0) is 41.4 Å². The first-order valence-electron chi connectivity index (χ1n) is 6.62. The molecule has 2 rings (SSSR count). The highest BCUT2D eigenvalue weighted by atomic mass is 79.9. The van der Waals surface area contributed by atoms with Crippen LogP contribution in [0.1, 0.15) is 31.2 Å². The lowest BCUT2D eigenvalue weighted by Crippen LogP contribution is -2.34. The number of ketones is 1. The molecule has 1 aromatic carbocycles. The summed E-state index contributed by atoms with van der Waals surface area (Å²) in [6, 6.07) is 5.46. The molecule has 0 atom stereocenters. The summed E-state index contributed by atoms with van der Waals surface area (Å²) in [6.45, 7) is 0.640. The molecule has 0 heterocycles.